The first kappa shape index (κ1) is 44.0. The van der Waals surface area contributed by atoms with E-state index in [9.17, 15) is 25.9 Å². The van der Waals surface area contributed by atoms with Crippen molar-refractivity contribution in [3.05, 3.63) is 156 Å². The molecule has 5 heterocycles. The van der Waals surface area contributed by atoms with Gasteiger partial charge in [-0.15, -0.1) is 0 Å². The van der Waals surface area contributed by atoms with E-state index < -0.39 is 45.6 Å². The van der Waals surface area contributed by atoms with Crippen LogP contribution in [0.2, 0.25) is 0 Å². The number of rotatable bonds is 9. The van der Waals surface area contributed by atoms with Crippen molar-refractivity contribution in [1.29, 1.82) is 0 Å². The van der Waals surface area contributed by atoms with Crippen LogP contribution in [-0.2, 0) is 33.1 Å². The summed E-state index contributed by atoms with van der Waals surface area (Å²) in [5.41, 5.74) is 16.6. The topological polar surface area (TPSA) is 253 Å². The summed E-state index contributed by atoms with van der Waals surface area (Å²) >= 11 is 0. The Hall–Kier alpha value is -6.60. The fraction of sp³-hybridized carbons (Fsp3) is 0.125. The molecule has 0 fully saturated rings. The predicted molar refractivity (Wildman–Crippen MR) is 247 cm³/mol. The molecule has 0 spiro atoms. The Bertz CT molecular complexity index is 3060. The zero-order valence-corrected chi connectivity index (χ0v) is 35.7. The molecule has 0 saturated heterocycles. The highest BCUT2D eigenvalue weighted by Gasteiger charge is 2.23. The van der Waals surface area contributed by atoms with E-state index in [2.05, 4.69) is 9.97 Å². The maximum atomic E-state index is 12.0. The van der Waals surface area contributed by atoms with Crippen molar-refractivity contribution in [2.24, 2.45) is 5.73 Å². The first-order chi connectivity index (χ1) is 30.7. The van der Waals surface area contributed by atoms with E-state index in [1.54, 1.807) is 24.3 Å². The van der Waals surface area contributed by atoms with E-state index in [1.165, 1.54) is 24.3 Å². The molecule has 0 radical (unpaired) electrons. The van der Waals surface area contributed by atoms with Crippen molar-refractivity contribution in [3.63, 3.8) is 0 Å². The Morgan fingerprint density at radius 3 is 1.11 bits per heavy atom. The van der Waals surface area contributed by atoms with Crippen molar-refractivity contribution in [2.45, 2.75) is 28.2 Å². The molecule has 0 amide bonds. The monoisotopic (exact) mass is 897 g/mol. The molecule has 326 valence electrons. The maximum absolute atomic E-state index is 12.0. The number of H-pyrrole nitrogens is 2. The standard InChI is InChI=1S/C44H32N4O6S2.C4H11NO3/c49-55(50,51)31-15-11-29(12-16-31)43-37-23-21-35(46-37)41(27-7-3-1-4-8-27)33-19-20-34(45-33)42(28-9-5-2-6-10-28)36-22-24-38(47-36)44(40-26-25-39(43)48-40)30-13-17-32(18-14-30)56(52,53)54;5-4(1-6,2-7)3-8/h1-24,46-47H,25-26H2,(H,49,50,51)(H,52,53,54);6-8H,1-3,5H2. The lowest BCUT2D eigenvalue weighted by molar-refractivity contribution is 0.0697. The van der Waals surface area contributed by atoms with Gasteiger partial charge in [0.05, 0.1) is 57.9 Å². The highest BCUT2D eigenvalue weighted by Crippen LogP contribution is 2.38. The zero-order chi connectivity index (χ0) is 45.2. The number of aliphatic hydroxyl groups is 3. The number of aryl methyl sites for hydroxylation is 2. The quantitative estimate of drug-likeness (QED) is 0.0676. The van der Waals surface area contributed by atoms with Crippen molar-refractivity contribution in [2.75, 3.05) is 19.8 Å². The lowest BCUT2D eigenvalue weighted by Gasteiger charge is -2.20. The lowest BCUT2D eigenvalue weighted by Crippen LogP contribution is -2.50. The molecule has 16 heteroatoms. The second-order valence-corrected chi connectivity index (χ2v) is 18.2. The zero-order valence-electron chi connectivity index (χ0n) is 34.0. The number of aromatic amines is 2. The fourth-order valence-corrected chi connectivity index (χ4v) is 8.63. The van der Waals surface area contributed by atoms with Gasteiger partial charge in [-0.2, -0.15) is 16.8 Å². The predicted octanol–water partition coefficient (Wildman–Crippen LogP) is 7.09. The van der Waals surface area contributed by atoms with Crippen LogP contribution in [0.5, 0.6) is 0 Å². The van der Waals surface area contributed by atoms with Crippen molar-refractivity contribution < 1.29 is 41.3 Å². The van der Waals surface area contributed by atoms with Gasteiger partial charge in [-0.3, -0.25) is 14.1 Å². The molecule has 9 rings (SSSR count). The average molecular weight is 898 g/mol. The van der Waals surface area contributed by atoms with Crippen LogP contribution in [0, 0.1) is 0 Å². The number of aromatic nitrogens is 4. The summed E-state index contributed by atoms with van der Waals surface area (Å²) in [6, 6.07) is 40.1. The fourth-order valence-electron chi connectivity index (χ4n) is 7.67. The SMILES string of the molecule is NC(CO)(CO)CO.O=S(=O)(O)c1ccc(-c2c3nc(c(-c4ccc(S(=O)(=O)O)cc4)c4ccc([nH]4)c(-c4ccccc4)c4nc(c(-c5ccccc5)c5ccc2[nH]5)C=C4)CC3)cc1. The second-order valence-electron chi connectivity index (χ2n) is 15.4. The molecule has 3 aromatic heterocycles. The van der Waals surface area contributed by atoms with Gasteiger partial charge in [0.25, 0.3) is 20.2 Å². The molecule has 0 saturated carbocycles. The Labute approximate surface area is 368 Å². The third-order valence-corrected chi connectivity index (χ3v) is 12.7. The molecule has 2 aliphatic rings. The number of benzene rings is 4. The highest BCUT2D eigenvalue weighted by atomic mass is 32.2. The summed E-state index contributed by atoms with van der Waals surface area (Å²) in [5.74, 6) is 0. The first-order valence-corrected chi connectivity index (χ1v) is 22.9. The number of aliphatic hydroxyl groups excluding tert-OH is 3. The minimum Gasteiger partial charge on any atom is -0.394 e. The summed E-state index contributed by atoms with van der Waals surface area (Å²) in [6.07, 6.45) is 5.09. The van der Waals surface area contributed by atoms with Crippen LogP contribution in [-0.4, -0.2) is 86.6 Å². The van der Waals surface area contributed by atoms with Gasteiger partial charge >= 0.3 is 0 Å². The largest absolute Gasteiger partial charge is 0.394 e. The van der Waals surface area contributed by atoms with Crippen molar-refractivity contribution in [3.8, 4) is 44.5 Å². The number of nitrogens with one attached hydrogen (secondary N) is 2. The third kappa shape index (κ3) is 9.08. The molecule has 4 aromatic carbocycles. The number of nitrogens with two attached hydrogens (primary N) is 1. The van der Waals surface area contributed by atoms with Crippen LogP contribution in [0.3, 0.4) is 0 Å². The Morgan fingerprint density at radius 2 is 0.797 bits per heavy atom. The van der Waals surface area contributed by atoms with Gasteiger partial charge < -0.3 is 31.0 Å². The number of nitrogens with zero attached hydrogens (tertiary/aromatic N) is 2. The smallest absolute Gasteiger partial charge is 0.294 e. The second kappa shape index (κ2) is 17.9. The summed E-state index contributed by atoms with van der Waals surface area (Å²) in [5, 5.41) is 25.0. The maximum Gasteiger partial charge on any atom is 0.294 e. The van der Waals surface area contributed by atoms with Gasteiger partial charge in [0.1, 0.15) is 0 Å². The molecule has 0 aliphatic carbocycles. The van der Waals surface area contributed by atoms with E-state index in [0.717, 1.165) is 78.2 Å². The molecule has 64 heavy (non-hydrogen) atoms. The van der Waals surface area contributed by atoms with Gasteiger partial charge in [0.15, 0.2) is 0 Å². The van der Waals surface area contributed by atoms with Crippen molar-refractivity contribution in [1.82, 2.24) is 19.9 Å². The normalized spacial score (nSPS) is 12.8. The van der Waals surface area contributed by atoms with E-state index in [4.69, 9.17) is 31.0 Å². The molecule has 0 atom stereocenters. The van der Waals surface area contributed by atoms with Crippen molar-refractivity contribution >= 4 is 54.5 Å². The Balaban J connectivity index is 0.000000641. The van der Waals surface area contributed by atoms with E-state index >= 15 is 0 Å². The third-order valence-electron chi connectivity index (χ3n) is 11.0. The van der Waals surface area contributed by atoms with Crippen LogP contribution >= 0.6 is 0 Å². The molecule has 7 aromatic rings. The molecular weight excluding hydrogens is 855 g/mol. The highest BCUT2D eigenvalue weighted by molar-refractivity contribution is 7.86. The summed E-state index contributed by atoms with van der Waals surface area (Å²) < 4.78 is 67.4. The number of hydrogen-bond acceptors (Lipinski definition) is 10. The van der Waals surface area contributed by atoms with E-state index in [0.29, 0.717) is 24.0 Å². The molecule has 9 N–H and O–H groups in total. The van der Waals surface area contributed by atoms with Gasteiger partial charge in [0.2, 0.25) is 0 Å². The van der Waals surface area contributed by atoms with E-state index in [1.807, 2.05) is 97.1 Å². The number of fused-ring (bicyclic) bond motifs is 8. The summed E-state index contributed by atoms with van der Waals surface area (Å²) in [6.45, 7) is -1.21. The van der Waals surface area contributed by atoms with Crippen LogP contribution in [0.15, 0.2) is 143 Å². The average Bonchev–Trinajstić information content (AvgIpc) is 4.15. The van der Waals surface area contributed by atoms with Crippen LogP contribution in [0.4, 0.5) is 0 Å². The van der Waals surface area contributed by atoms with Gasteiger partial charge in [-0.25, -0.2) is 4.98 Å². The minimum atomic E-state index is -4.42. The molecule has 0 unspecified atom stereocenters. The Kier molecular flexibility index (Phi) is 12.3. The van der Waals surface area contributed by atoms with Crippen LogP contribution in [0.25, 0.3) is 78.7 Å². The van der Waals surface area contributed by atoms with Gasteiger partial charge in [0, 0.05) is 44.3 Å². The number of hydrogen-bond donors (Lipinski definition) is 8. The molecule has 8 bridgehead atoms. The van der Waals surface area contributed by atoms with Gasteiger partial charge in [-0.05, 0) is 95.8 Å². The van der Waals surface area contributed by atoms with Crippen LogP contribution in [0.1, 0.15) is 22.8 Å². The minimum absolute atomic E-state index is 0.223. The molecule has 14 nitrogen and oxygen atoms in total. The summed E-state index contributed by atoms with van der Waals surface area (Å²) in [4.78, 5) is 17.4. The van der Waals surface area contributed by atoms with E-state index in [-0.39, 0.29) is 9.79 Å². The molecule has 2 aliphatic heterocycles. The first-order valence-electron chi connectivity index (χ1n) is 20.0. The van der Waals surface area contributed by atoms with Gasteiger partial charge in [-0.1, -0.05) is 84.9 Å². The van der Waals surface area contributed by atoms with Crippen LogP contribution < -0.4 is 5.73 Å². The lowest BCUT2D eigenvalue weighted by atomic mass is 10.0. The Morgan fingerprint density at radius 1 is 0.469 bits per heavy atom. The summed E-state index contributed by atoms with van der Waals surface area (Å²) in [7, 11) is -8.85. The molecular formula is C48H43N5O9S2.